The van der Waals surface area contributed by atoms with Crippen molar-refractivity contribution in [2.45, 2.75) is 0 Å². The van der Waals surface area contributed by atoms with E-state index in [1.807, 2.05) is 29.6 Å². The number of aromatic nitrogens is 1. The number of carbonyl (C=O) groups excluding carboxylic acids is 1. The van der Waals surface area contributed by atoms with Crippen molar-refractivity contribution in [3.05, 3.63) is 57.0 Å². The van der Waals surface area contributed by atoms with Gasteiger partial charge in [0.1, 0.15) is 11.5 Å². The van der Waals surface area contributed by atoms with Gasteiger partial charge < -0.3 is 9.47 Å². The third kappa shape index (κ3) is 4.10. The quantitative estimate of drug-likeness (QED) is 0.555. The summed E-state index contributed by atoms with van der Waals surface area (Å²) in [7, 11) is 3.21. The maximum Gasteiger partial charge on any atom is 0.257 e. The fraction of sp³-hybridized carbons (Fsp3) is 0.111. The van der Waals surface area contributed by atoms with Crippen LogP contribution in [0.2, 0.25) is 0 Å². The van der Waals surface area contributed by atoms with E-state index in [2.05, 4.69) is 32.9 Å². The van der Waals surface area contributed by atoms with Gasteiger partial charge in [0.25, 0.3) is 5.91 Å². The summed E-state index contributed by atoms with van der Waals surface area (Å²) in [5.41, 5.74) is 2.18. The lowest BCUT2D eigenvalue weighted by molar-refractivity contribution is 0.102. The molecular formula is C18H15IN2O3S. The Morgan fingerprint density at radius 3 is 2.56 bits per heavy atom. The first kappa shape index (κ1) is 17.7. The molecule has 5 nitrogen and oxygen atoms in total. The lowest BCUT2D eigenvalue weighted by Gasteiger charge is -2.08. The van der Waals surface area contributed by atoms with Gasteiger partial charge in [-0.2, -0.15) is 0 Å². The first-order chi connectivity index (χ1) is 12.1. The first-order valence-electron chi connectivity index (χ1n) is 7.35. The number of rotatable bonds is 5. The van der Waals surface area contributed by atoms with Gasteiger partial charge in [-0.3, -0.25) is 10.1 Å². The molecule has 1 aromatic heterocycles. The molecule has 128 valence electrons. The van der Waals surface area contributed by atoms with Gasteiger partial charge in [-0.15, -0.1) is 11.3 Å². The summed E-state index contributed by atoms with van der Waals surface area (Å²) in [6, 6.07) is 12.9. The minimum atomic E-state index is -0.181. The number of nitrogens with one attached hydrogen (secondary N) is 1. The van der Waals surface area contributed by atoms with Gasteiger partial charge in [0, 0.05) is 26.1 Å². The molecule has 7 heteroatoms. The molecule has 1 N–H and O–H groups in total. The summed E-state index contributed by atoms with van der Waals surface area (Å²) in [5.74, 6) is 1.20. The van der Waals surface area contributed by atoms with Crippen molar-refractivity contribution in [3.63, 3.8) is 0 Å². The van der Waals surface area contributed by atoms with Crippen molar-refractivity contribution in [2.75, 3.05) is 19.5 Å². The summed E-state index contributed by atoms with van der Waals surface area (Å²) in [5, 5.41) is 5.25. The molecule has 3 rings (SSSR count). The minimum Gasteiger partial charge on any atom is -0.497 e. The van der Waals surface area contributed by atoms with Crippen LogP contribution in [-0.4, -0.2) is 25.1 Å². The van der Waals surface area contributed by atoms with Crippen LogP contribution >= 0.6 is 33.9 Å². The highest BCUT2D eigenvalue weighted by Crippen LogP contribution is 2.34. The SMILES string of the molecule is COc1ccc(-c2csc(NC(=O)c3ccc(I)cc3)n2)c(OC)c1. The van der Waals surface area contributed by atoms with E-state index in [4.69, 9.17) is 9.47 Å². The lowest BCUT2D eigenvalue weighted by Crippen LogP contribution is -2.11. The normalized spacial score (nSPS) is 10.4. The molecule has 0 aliphatic carbocycles. The number of ether oxygens (including phenoxy) is 2. The fourth-order valence-electron chi connectivity index (χ4n) is 2.24. The number of nitrogens with zero attached hydrogens (tertiary/aromatic N) is 1. The number of benzene rings is 2. The van der Waals surface area contributed by atoms with Crippen LogP contribution in [0.1, 0.15) is 10.4 Å². The molecule has 25 heavy (non-hydrogen) atoms. The second kappa shape index (κ2) is 7.83. The average molecular weight is 466 g/mol. The number of thiazole rings is 1. The molecule has 1 heterocycles. The van der Waals surface area contributed by atoms with Crippen molar-refractivity contribution in [1.82, 2.24) is 4.98 Å². The Bertz CT molecular complexity index is 894. The van der Waals surface area contributed by atoms with Gasteiger partial charge >= 0.3 is 0 Å². The zero-order valence-corrected chi connectivity index (χ0v) is 16.6. The second-order valence-corrected chi connectivity index (χ2v) is 7.17. The van der Waals surface area contributed by atoms with Gasteiger partial charge in [-0.05, 0) is 59.0 Å². The molecule has 1 amide bonds. The molecule has 0 aliphatic heterocycles. The third-order valence-corrected chi connectivity index (χ3v) is 4.99. The predicted octanol–water partition coefficient (Wildman–Crippen LogP) is 4.68. The second-order valence-electron chi connectivity index (χ2n) is 5.07. The molecule has 0 saturated heterocycles. The molecule has 3 aromatic rings. The smallest absolute Gasteiger partial charge is 0.257 e. The number of hydrogen-bond donors (Lipinski definition) is 1. The molecule has 2 aromatic carbocycles. The number of halogens is 1. The Labute approximate surface area is 163 Å². The summed E-state index contributed by atoms with van der Waals surface area (Å²) < 4.78 is 11.7. The summed E-state index contributed by atoms with van der Waals surface area (Å²) in [4.78, 5) is 16.8. The minimum absolute atomic E-state index is 0.181. The Kier molecular flexibility index (Phi) is 5.54. The molecule has 0 atom stereocenters. The van der Waals surface area contributed by atoms with E-state index in [1.165, 1.54) is 11.3 Å². The van der Waals surface area contributed by atoms with E-state index in [9.17, 15) is 4.79 Å². The molecule has 0 fully saturated rings. The predicted molar refractivity (Wildman–Crippen MR) is 108 cm³/mol. The van der Waals surface area contributed by atoms with E-state index in [1.54, 1.807) is 32.4 Å². The summed E-state index contributed by atoms with van der Waals surface area (Å²) in [6.07, 6.45) is 0. The van der Waals surface area contributed by atoms with Crippen LogP contribution in [0.25, 0.3) is 11.3 Å². The largest absolute Gasteiger partial charge is 0.497 e. The van der Waals surface area contributed by atoms with Crippen molar-refractivity contribution in [2.24, 2.45) is 0 Å². The van der Waals surface area contributed by atoms with Crippen LogP contribution in [0, 0.1) is 3.57 Å². The molecule has 0 unspecified atom stereocenters. The maximum absolute atomic E-state index is 12.3. The van der Waals surface area contributed by atoms with Crippen LogP contribution in [0.4, 0.5) is 5.13 Å². The Hall–Kier alpha value is -2.13. The van der Waals surface area contributed by atoms with Gasteiger partial charge in [-0.1, -0.05) is 0 Å². The van der Waals surface area contributed by atoms with Gasteiger partial charge in [0.05, 0.1) is 19.9 Å². The zero-order chi connectivity index (χ0) is 17.8. The third-order valence-electron chi connectivity index (χ3n) is 3.52. The van der Waals surface area contributed by atoms with Crippen molar-refractivity contribution < 1.29 is 14.3 Å². The number of carbonyl (C=O) groups is 1. The number of anilines is 1. The topological polar surface area (TPSA) is 60.5 Å². The van der Waals surface area contributed by atoms with E-state index in [-0.39, 0.29) is 5.91 Å². The number of hydrogen-bond acceptors (Lipinski definition) is 5. The highest BCUT2D eigenvalue weighted by Gasteiger charge is 2.13. The highest BCUT2D eigenvalue weighted by molar-refractivity contribution is 14.1. The standard InChI is InChI=1S/C18H15IN2O3S/c1-23-13-7-8-14(16(9-13)24-2)15-10-25-18(20-15)21-17(22)11-3-5-12(19)6-4-11/h3-10H,1-2H3,(H,20,21,22). The van der Waals surface area contributed by atoms with Gasteiger partial charge in [0.15, 0.2) is 5.13 Å². The fourth-order valence-corrected chi connectivity index (χ4v) is 3.30. The van der Waals surface area contributed by atoms with Crippen LogP contribution in [-0.2, 0) is 0 Å². The molecule has 0 saturated carbocycles. The Balaban J connectivity index is 1.81. The molecule has 0 spiro atoms. The monoisotopic (exact) mass is 466 g/mol. The van der Waals surface area contributed by atoms with E-state index >= 15 is 0 Å². The summed E-state index contributed by atoms with van der Waals surface area (Å²) >= 11 is 3.57. The molecule has 0 aliphatic rings. The molecule has 0 radical (unpaired) electrons. The van der Waals surface area contributed by atoms with E-state index in [0.717, 1.165) is 14.8 Å². The number of amides is 1. The van der Waals surface area contributed by atoms with E-state index < -0.39 is 0 Å². The van der Waals surface area contributed by atoms with Crippen molar-refractivity contribution >= 4 is 45.0 Å². The number of methoxy groups -OCH3 is 2. The van der Waals surface area contributed by atoms with Crippen LogP contribution < -0.4 is 14.8 Å². The molecule has 0 bridgehead atoms. The lowest BCUT2D eigenvalue weighted by atomic mass is 10.1. The van der Waals surface area contributed by atoms with Gasteiger partial charge in [0.2, 0.25) is 0 Å². The average Bonchev–Trinajstić information content (AvgIpc) is 3.09. The van der Waals surface area contributed by atoms with Crippen LogP contribution in [0.3, 0.4) is 0 Å². The zero-order valence-electron chi connectivity index (χ0n) is 13.6. The maximum atomic E-state index is 12.3. The first-order valence-corrected chi connectivity index (χ1v) is 9.31. The van der Waals surface area contributed by atoms with Crippen molar-refractivity contribution in [3.8, 4) is 22.8 Å². The Morgan fingerprint density at radius 1 is 1.12 bits per heavy atom. The molecular weight excluding hydrogens is 451 g/mol. The van der Waals surface area contributed by atoms with Gasteiger partial charge in [-0.25, -0.2) is 4.98 Å². The van der Waals surface area contributed by atoms with Crippen LogP contribution in [0.15, 0.2) is 47.8 Å². The Morgan fingerprint density at radius 2 is 1.88 bits per heavy atom. The van der Waals surface area contributed by atoms with E-state index in [0.29, 0.717) is 22.2 Å². The van der Waals surface area contributed by atoms with Crippen molar-refractivity contribution in [1.29, 1.82) is 0 Å². The van der Waals surface area contributed by atoms with Crippen LogP contribution in [0.5, 0.6) is 11.5 Å². The highest BCUT2D eigenvalue weighted by atomic mass is 127. The summed E-state index contributed by atoms with van der Waals surface area (Å²) in [6.45, 7) is 0.